The fraction of sp³-hybridized carbons (Fsp3) is 0.588. The third-order valence-electron chi connectivity index (χ3n) is 4.04. The van der Waals surface area contributed by atoms with E-state index < -0.39 is 11.1 Å². The molecule has 0 aromatic heterocycles. The Morgan fingerprint density at radius 3 is 2.55 bits per heavy atom. The lowest BCUT2D eigenvalue weighted by atomic mass is 9.84. The number of carbonyl (C=O) groups excluding carboxylic acids is 1. The number of amides is 1. The van der Waals surface area contributed by atoms with Crippen LogP contribution in [-0.4, -0.2) is 29.7 Å². The number of likely N-dealkylation sites (tertiary alicyclic amines) is 1. The molecule has 0 saturated carbocycles. The molecule has 0 spiro atoms. The normalized spacial score (nSPS) is 22.0. The van der Waals surface area contributed by atoms with Crippen LogP contribution in [0.3, 0.4) is 0 Å². The van der Waals surface area contributed by atoms with Gasteiger partial charge in [-0.1, -0.05) is 12.1 Å². The Hall–Kier alpha value is -1.62. The highest BCUT2D eigenvalue weighted by atomic mass is 19.1. The number of rotatable bonds is 3. The Labute approximate surface area is 131 Å². The van der Waals surface area contributed by atoms with Crippen molar-refractivity contribution in [3.05, 3.63) is 35.6 Å². The first-order valence-electron chi connectivity index (χ1n) is 7.75. The fourth-order valence-corrected chi connectivity index (χ4v) is 3.17. The van der Waals surface area contributed by atoms with Crippen molar-refractivity contribution in [3.8, 4) is 0 Å². The third-order valence-corrected chi connectivity index (χ3v) is 4.04. The number of nitrogens with two attached hydrogens (primary N) is 1. The first-order chi connectivity index (χ1) is 10.3. The van der Waals surface area contributed by atoms with E-state index in [1.165, 1.54) is 12.1 Å². The topological polar surface area (TPSA) is 55.6 Å². The predicted molar refractivity (Wildman–Crippen MR) is 83.9 cm³/mol. The van der Waals surface area contributed by atoms with Gasteiger partial charge in [-0.05, 0) is 64.3 Å². The molecular weight excluding hydrogens is 283 g/mol. The fourth-order valence-electron chi connectivity index (χ4n) is 3.17. The van der Waals surface area contributed by atoms with Crippen LogP contribution in [0.1, 0.15) is 45.6 Å². The smallest absolute Gasteiger partial charge is 0.411 e. The van der Waals surface area contributed by atoms with Gasteiger partial charge >= 0.3 is 6.09 Å². The first kappa shape index (κ1) is 16.7. The molecule has 0 bridgehead atoms. The molecule has 1 aliphatic rings. The van der Waals surface area contributed by atoms with E-state index in [1.807, 2.05) is 20.8 Å². The van der Waals surface area contributed by atoms with Crippen LogP contribution >= 0.6 is 0 Å². The summed E-state index contributed by atoms with van der Waals surface area (Å²) in [4.78, 5) is 14.3. The molecule has 1 saturated heterocycles. The van der Waals surface area contributed by atoms with Crippen LogP contribution in [0.4, 0.5) is 9.18 Å². The molecule has 1 fully saturated rings. The molecule has 1 unspecified atom stereocenters. The zero-order chi connectivity index (χ0) is 16.4. The number of hydrogen-bond donors (Lipinski definition) is 1. The van der Waals surface area contributed by atoms with E-state index in [1.54, 1.807) is 17.0 Å². The Balaban J connectivity index is 2.35. The van der Waals surface area contributed by atoms with Crippen molar-refractivity contribution in [2.75, 3.05) is 13.1 Å². The number of benzene rings is 1. The summed E-state index contributed by atoms with van der Waals surface area (Å²) in [5, 5.41) is 0. The van der Waals surface area contributed by atoms with E-state index in [0.29, 0.717) is 19.5 Å². The van der Waals surface area contributed by atoms with Crippen molar-refractivity contribution in [2.45, 2.75) is 51.2 Å². The average molecular weight is 308 g/mol. The maximum Gasteiger partial charge on any atom is 0.411 e. The van der Waals surface area contributed by atoms with Crippen molar-refractivity contribution in [3.63, 3.8) is 0 Å². The van der Waals surface area contributed by atoms with Crippen molar-refractivity contribution in [1.82, 2.24) is 4.90 Å². The van der Waals surface area contributed by atoms with Crippen molar-refractivity contribution in [1.29, 1.82) is 0 Å². The van der Waals surface area contributed by atoms with Crippen LogP contribution < -0.4 is 5.73 Å². The number of carbonyl (C=O) groups is 1. The maximum absolute atomic E-state index is 13.2. The second-order valence-corrected chi connectivity index (χ2v) is 6.81. The van der Waals surface area contributed by atoms with Crippen molar-refractivity contribution in [2.24, 2.45) is 5.73 Å². The quantitative estimate of drug-likeness (QED) is 0.931. The van der Waals surface area contributed by atoms with Crippen molar-refractivity contribution >= 4 is 6.09 Å². The van der Waals surface area contributed by atoms with Gasteiger partial charge in [-0.2, -0.15) is 0 Å². The van der Waals surface area contributed by atoms with E-state index in [-0.39, 0.29) is 11.9 Å². The second-order valence-electron chi connectivity index (χ2n) is 6.81. The van der Waals surface area contributed by atoms with Gasteiger partial charge in [0.15, 0.2) is 0 Å². The number of ether oxygens (including phenoxy) is 1. The molecule has 1 atom stereocenters. The van der Waals surface area contributed by atoms with Crippen LogP contribution in [0.5, 0.6) is 0 Å². The number of hydrogen-bond acceptors (Lipinski definition) is 3. The lowest BCUT2D eigenvalue weighted by Crippen LogP contribution is -2.48. The minimum Gasteiger partial charge on any atom is -0.444 e. The molecule has 4 nitrogen and oxygen atoms in total. The van der Waals surface area contributed by atoms with Gasteiger partial charge in [-0.3, -0.25) is 4.90 Å². The highest BCUT2D eigenvalue weighted by Crippen LogP contribution is 2.42. The molecule has 0 radical (unpaired) electrons. The SMILES string of the molecule is CC(C)(C)OC(=O)N1CCCC1(CCN)c1ccc(F)cc1. The summed E-state index contributed by atoms with van der Waals surface area (Å²) in [6.07, 6.45) is 2.01. The molecule has 1 aromatic rings. The minimum atomic E-state index is -0.545. The molecular formula is C17H25FN2O2. The summed E-state index contributed by atoms with van der Waals surface area (Å²) in [6, 6.07) is 6.35. The molecule has 22 heavy (non-hydrogen) atoms. The van der Waals surface area contributed by atoms with Gasteiger partial charge in [-0.15, -0.1) is 0 Å². The summed E-state index contributed by atoms with van der Waals surface area (Å²) < 4.78 is 18.8. The van der Waals surface area contributed by atoms with Crippen LogP contribution in [0.25, 0.3) is 0 Å². The van der Waals surface area contributed by atoms with E-state index in [9.17, 15) is 9.18 Å². The Bertz CT molecular complexity index is 524. The van der Waals surface area contributed by atoms with Crippen LogP contribution in [0.2, 0.25) is 0 Å². The summed E-state index contributed by atoms with van der Waals surface area (Å²) in [7, 11) is 0. The van der Waals surface area contributed by atoms with Gasteiger partial charge in [-0.25, -0.2) is 9.18 Å². The molecule has 1 amide bonds. The summed E-state index contributed by atoms with van der Waals surface area (Å²) >= 11 is 0. The highest BCUT2D eigenvalue weighted by Gasteiger charge is 2.45. The molecule has 2 rings (SSSR count). The van der Waals surface area contributed by atoms with Gasteiger partial charge in [0.25, 0.3) is 0 Å². The molecule has 1 aliphatic heterocycles. The molecule has 122 valence electrons. The van der Waals surface area contributed by atoms with E-state index >= 15 is 0 Å². The minimum absolute atomic E-state index is 0.284. The number of halogens is 1. The first-order valence-corrected chi connectivity index (χ1v) is 7.75. The largest absolute Gasteiger partial charge is 0.444 e. The predicted octanol–water partition coefficient (Wildman–Crippen LogP) is 3.40. The standard InChI is InChI=1S/C17H25FN2O2/c1-16(2,3)22-15(21)20-12-4-9-17(20,10-11-19)13-5-7-14(18)8-6-13/h5-8H,4,9-12,19H2,1-3H3. The summed E-state index contributed by atoms with van der Waals surface area (Å²) in [5.74, 6) is -0.284. The Morgan fingerprint density at radius 1 is 1.36 bits per heavy atom. The van der Waals surface area contributed by atoms with Gasteiger partial charge in [0.2, 0.25) is 0 Å². The third kappa shape index (κ3) is 3.40. The molecule has 2 N–H and O–H groups in total. The molecule has 0 aliphatic carbocycles. The summed E-state index contributed by atoms with van der Waals surface area (Å²) in [5.41, 5.74) is 5.68. The lowest BCUT2D eigenvalue weighted by molar-refractivity contribution is 0.00559. The van der Waals surface area contributed by atoms with Gasteiger partial charge < -0.3 is 10.5 Å². The Morgan fingerprint density at radius 2 is 2.00 bits per heavy atom. The zero-order valence-corrected chi connectivity index (χ0v) is 13.6. The molecule has 1 heterocycles. The van der Waals surface area contributed by atoms with E-state index in [4.69, 9.17) is 10.5 Å². The monoisotopic (exact) mass is 308 g/mol. The lowest BCUT2D eigenvalue weighted by Gasteiger charge is -2.39. The highest BCUT2D eigenvalue weighted by molar-refractivity contribution is 5.70. The van der Waals surface area contributed by atoms with Crippen LogP contribution in [0.15, 0.2) is 24.3 Å². The van der Waals surface area contributed by atoms with Crippen LogP contribution in [0, 0.1) is 5.82 Å². The number of nitrogens with zero attached hydrogens (tertiary/aromatic N) is 1. The van der Waals surface area contributed by atoms with Gasteiger partial charge in [0.1, 0.15) is 11.4 Å². The van der Waals surface area contributed by atoms with E-state index in [2.05, 4.69) is 0 Å². The maximum atomic E-state index is 13.2. The molecule has 5 heteroatoms. The van der Waals surface area contributed by atoms with Crippen molar-refractivity contribution < 1.29 is 13.9 Å². The van der Waals surface area contributed by atoms with Gasteiger partial charge in [0, 0.05) is 6.54 Å². The molecule has 1 aromatic carbocycles. The Kier molecular flexibility index (Phi) is 4.75. The zero-order valence-electron chi connectivity index (χ0n) is 13.6. The summed E-state index contributed by atoms with van der Waals surface area (Å²) in [6.45, 7) is 6.64. The van der Waals surface area contributed by atoms with Gasteiger partial charge in [0.05, 0.1) is 5.54 Å². The van der Waals surface area contributed by atoms with Crippen LogP contribution in [-0.2, 0) is 10.3 Å². The second kappa shape index (κ2) is 6.24. The average Bonchev–Trinajstić information content (AvgIpc) is 2.83. The van der Waals surface area contributed by atoms with E-state index in [0.717, 1.165) is 18.4 Å².